The van der Waals surface area contributed by atoms with Gasteiger partial charge in [-0.15, -0.1) is 0 Å². The molecule has 4 N–H and O–H groups in total. The molecule has 0 saturated heterocycles. The van der Waals surface area contributed by atoms with Gasteiger partial charge in [0.1, 0.15) is 5.76 Å². The van der Waals surface area contributed by atoms with Crippen LogP contribution in [0.15, 0.2) is 28.7 Å². The Hall–Kier alpha value is -1.77. The van der Waals surface area contributed by atoms with Gasteiger partial charge in [-0.1, -0.05) is 23.2 Å². The van der Waals surface area contributed by atoms with E-state index in [0.29, 0.717) is 47.5 Å². The van der Waals surface area contributed by atoms with Crippen molar-refractivity contribution in [3.05, 3.63) is 51.4 Å². The molecule has 1 aromatic heterocycles. The van der Waals surface area contributed by atoms with Crippen LogP contribution in [0.25, 0.3) is 0 Å². The minimum atomic E-state index is -0.697. The van der Waals surface area contributed by atoms with Crippen LogP contribution in [0.1, 0.15) is 53.7 Å². The highest BCUT2D eigenvalue weighted by molar-refractivity contribution is 6.38. The van der Waals surface area contributed by atoms with E-state index in [1.54, 1.807) is 24.3 Å². The molecule has 1 unspecified atom stereocenters. The lowest BCUT2D eigenvalue weighted by molar-refractivity contribution is 0.0562. The van der Waals surface area contributed by atoms with E-state index in [2.05, 4.69) is 10.1 Å². The van der Waals surface area contributed by atoms with Crippen LogP contribution in [0.5, 0.6) is 0 Å². The number of unbranched alkanes of at least 4 members (excludes halogenated alkanes) is 2. The topological polar surface area (TPSA) is 107 Å². The number of methoxy groups -OCH3 is 1. The first kappa shape index (κ1) is 25.5. The average Bonchev–Trinajstić information content (AvgIpc) is 3.23. The summed E-state index contributed by atoms with van der Waals surface area (Å²) in [4.78, 5) is 11.3. The van der Waals surface area contributed by atoms with Gasteiger partial charge in [-0.2, -0.15) is 0 Å². The predicted octanol–water partition coefficient (Wildman–Crippen LogP) is 4.40. The number of nitrogens with one attached hydrogen (secondary N) is 1. The molecule has 31 heavy (non-hydrogen) atoms. The molecule has 9 heteroatoms. The van der Waals surface area contributed by atoms with Gasteiger partial charge in [0, 0.05) is 26.2 Å². The maximum Gasteiger partial charge on any atom is 0.373 e. The fraction of sp³-hybridized carbons (Fsp3) is 0.500. The Labute approximate surface area is 192 Å². The van der Waals surface area contributed by atoms with Crippen molar-refractivity contribution in [2.45, 2.75) is 38.2 Å². The molecule has 0 aliphatic heterocycles. The van der Waals surface area contributed by atoms with E-state index in [1.807, 2.05) is 0 Å². The van der Waals surface area contributed by atoms with E-state index in [4.69, 9.17) is 38.1 Å². The Kier molecular flexibility index (Phi) is 11.2. The number of aryl methyl sites for hydroxylation is 1. The molecule has 7 nitrogen and oxygen atoms in total. The quantitative estimate of drug-likeness (QED) is 0.212. The second-order valence-electron chi connectivity index (χ2n) is 7.15. The Bertz CT molecular complexity index is 805. The van der Waals surface area contributed by atoms with Crippen LogP contribution in [0.3, 0.4) is 0 Å². The molecule has 0 bridgehead atoms. The first-order valence-electron chi connectivity index (χ1n) is 10.3. The Morgan fingerprint density at radius 1 is 1.16 bits per heavy atom. The number of ether oxygens (including phenoxy) is 2. The molecule has 0 saturated carbocycles. The summed E-state index contributed by atoms with van der Waals surface area (Å²) >= 11 is 12.0. The van der Waals surface area contributed by atoms with Crippen LogP contribution in [-0.2, 0) is 15.9 Å². The number of benzene rings is 1. The highest BCUT2D eigenvalue weighted by Gasteiger charge is 2.12. The van der Waals surface area contributed by atoms with Crippen molar-refractivity contribution < 1.29 is 23.8 Å². The predicted molar refractivity (Wildman–Crippen MR) is 122 cm³/mol. The molecular formula is C22H30Cl2N2O5. The largest absolute Gasteiger partial charge is 0.463 e. The zero-order valence-corrected chi connectivity index (χ0v) is 19.2. The van der Waals surface area contributed by atoms with Crippen LogP contribution in [-0.4, -0.2) is 44.5 Å². The van der Waals surface area contributed by atoms with Gasteiger partial charge in [0.2, 0.25) is 5.76 Å². The third kappa shape index (κ3) is 8.71. The van der Waals surface area contributed by atoms with E-state index in [-0.39, 0.29) is 5.76 Å². The lowest BCUT2D eigenvalue weighted by Crippen LogP contribution is -2.22. The number of nitrogens with two attached hydrogens (primary N) is 1. The maximum absolute atomic E-state index is 11.3. The van der Waals surface area contributed by atoms with Crippen molar-refractivity contribution in [2.24, 2.45) is 0 Å². The molecule has 1 aromatic carbocycles. The van der Waals surface area contributed by atoms with Crippen molar-refractivity contribution in [3.8, 4) is 0 Å². The van der Waals surface area contributed by atoms with Crippen LogP contribution >= 0.6 is 23.2 Å². The SMILES string of the molecule is COC(=O)c1ccc(CCCOCCCCCNCC(O)c2cc(Cl)c(N)c(Cl)c2)o1. The average molecular weight is 473 g/mol. The van der Waals surface area contributed by atoms with Crippen LogP contribution in [0.2, 0.25) is 10.0 Å². The van der Waals surface area contributed by atoms with Gasteiger partial charge in [0.05, 0.1) is 28.9 Å². The number of halogens is 2. The first-order valence-corrected chi connectivity index (χ1v) is 11.1. The zero-order valence-electron chi connectivity index (χ0n) is 17.7. The molecule has 2 rings (SSSR count). The van der Waals surface area contributed by atoms with Crippen LogP contribution in [0, 0.1) is 0 Å². The third-order valence-electron chi connectivity index (χ3n) is 4.73. The number of aliphatic hydroxyl groups is 1. The lowest BCUT2D eigenvalue weighted by atomic mass is 10.1. The molecule has 0 fully saturated rings. The number of anilines is 1. The normalized spacial score (nSPS) is 12.1. The van der Waals surface area contributed by atoms with Crippen molar-refractivity contribution in [3.63, 3.8) is 0 Å². The number of rotatable bonds is 14. The zero-order chi connectivity index (χ0) is 22.6. The lowest BCUT2D eigenvalue weighted by Gasteiger charge is -2.14. The Balaban J connectivity index is 1.46. The van der Waals surface area contributed by atoms with E-state index in [0.717, 1.165) is 38.0 Å². The van der Waals surface area contributed by atoms with Gasteiger partial charge >= 0.3 is 5.97 Å². The summed E-state index contributed by atoms with van der Waals surface area (Å²) in [7, 11) is 1.33. The minimum Gasteiger partial charge on any atom is -0.463 e. The second kappa shape index (κ2) is 13.6. The molecular weight excluding hydrogens is 443 g/mol. The molecule has 0 amide bonds. The van der Waals surface area contributed by atoms with E-state index in [9.17, 15) is 9.90 Å². The molecule has 1 atom stereocenters. The molecule has 0 radical (unpaired) electrons. The molecule has 172 valence electrons. The van der Waals surface area contributed by atoms with Gasteiger partial charge in [-0.05, 0) is 62.1 Å². The number of furan rings is 1. The van der Waals surface area contributed by atoms with Crippen molar-refractivity contribution in [1.29, 1.82) is 0 Å². The molecule has 0 aliphatic rings. The maximum atomic E-state index is 11.3. The minimum absolute atomic E-state index is 0.223. The van der Waals surface area contributed by atoms with Crippen LogP contribution < -0.4 is 11.1 Å². The van der Waals surface area contributed by atoms with Gasteiger partial charge in [0.25, 0.3) is 0 Å². The summed E-state index contributed by atoms with van der Waals surface area (Å²) in [5.41, 5.74) is 6.67. The first-order chi connectivity index (χ1) is 14.9. The Morgan fingerprint density at radius 3 is 2.58 bits per heavy atom. The summed E-state index contributed by atoms with van der Waals surface area (Å²) in [5.74, 6) is 0.506. The summed E-state index contributed by atoms with van der Waals surface area (Å²) in [6, 6.07) is 6.68. The van der Waals surface area contributed by atoms with Gasteiger partial charge < -0.3 is 30.0 Å². The fourth-order valence-corrected chi connectivity index (χ4v) is 3.46. The number of carbonyl (C=O) groups is 1. The van der Waals surface area contributed by atoms with Crippen molar-refractivity contribution in [2.75, 3.05) is 39.1 Å². The molecule has 0 aliphatic carbocycles. The molecule has 1 heterocycles. The van der Waals surface area contributed by atoms with Gasteiger partial charge in [-0.3, -0.25) is 0 Å². The summed E-state index contributed by atoms with van der Waals surface area (Å²) in [6.07, 6.45) is 3.84. The van der Waals surface area contributed by atoms with Crippen molar-refractivity contribution in [1.82, 2.24) is 5.32 Å². The highest BCUT2D eigenvalue weighted by Crippen LogP contribution is 2.31. The number of aliphatic hydroxyl groups excluding tert-OH is 1. The van der Waals surface area contributed by atoms with Crippen LogP contribution in [0.4, 0.5) is 5.69 Å². The molecule has 2 aromatic rings. The number of hydrogen-bond acceptors (Lipinski definition) is 7. The number of carbonyl (C=O) groups excluding carboxylic acids is 1. The van der Waals surface area contributed by atoms with Gasteiger partial charge in [-0.25, -0.2) is 4.79 Å². The summed E-state index contributed by atoms with van der Waals surface area (Å²) < 4.78 is 15.7. The van der Waals surface area contributed by atoms with E-state index in [1.165, 1.54) is 7.11 Å². The summed E-state index contributed by atoms with van der Waals surface area (Å²) in [5, 5.41) is 14.2. The second-order valence-corrected chi connectivity index (χ2v) is 7.97. The van der Waals surface area contributed by atoms with E-state index < -0.39 is 12.1 Å². The van der Waals surface area contributed by atoms with Gasteiger partial charge in [0.15, 0.2) is 0 Å². The monoisotopic (exact) mass is 472 g/mol. The fourth-order valence-electron chi connectivity index (χ4n) is 2.96. The summed E-state index contributed by atoms with van der Waals surface area (Å²) in [6.45, 7) is 2.56. The van der Waals surface area contributed by atoms with Crippen molar-refractivity contribution >= 4 is 34.9 Å². The standard InChI is InChI=1S/C22H30Cl2N2O5/c1-29-22(28)20-8-7-16(31-20)6-5-11-30-10-4-2-3-9-26-14-19(27)15-12-17(23)21(25)18(24)13-15/h7-8,12-13,19,26-27H,2-6,9-11,14,25H2,1H3. The molecule has 0 spiro atoms. The third-order valence-corrected chi connectivity index (χ3v) is 5.35. The smallest absolute Gasteiger partial charge is 0.373 e. The number of esters is 1. The highest BCUT2D eigenvalue weighted by atomic mass is 35.5. The van der Waals surface area contributed by atoms with E-state index >= 15 is 0 Å². The number of nitrogen functional groups attached to an aromatic ring is 1. The number of hydrogen-bond donors (Lipinski definition) is 3. The Morgan fingerprint density at radius 2 is 1.87 bits per heavy atom.